The van der Waals surface area contributed by atoms with E-state index < -0.39 is 0 Å². The molecule has 0 fully saturated rings. The summed E-state index contributed by atoms with van der Waals surface area (Å²) in [5.74, 6) is 0. The van der Waals surface area contributed by atoms with Gasteiger partial charge in [0.25, 0.3) is 0 Å². The second kappa shape index (κ2) is 13.1. The molecule has 0 aliphatic heterocycles. The van der Waals surface area contributed by atoms with Gasteiger partial charge in [-0.05, 0) is 0 Å². The largest absolute Gasteiger partial charge is 3.00 e. The van der Waals surface area contributed by atoms with Gasteiger partial charge in [0.1, 0.15) is 0 Å². The maximum Gasteiger partial charge on any atom is 3.00 e. The second-order valence-corrected chi connectivity index (χ2v) is 7.00. The van der Waals surface area contributed by atoms with Crippen molar-refractivity contribution in [2.45, 2.75) is 65.7 Å². The molecule has 1 unspecified atom stereocenters. The van der Waals surface area contributed by atoms with Gasteiger partial charge in [0.2, 0.25) is 0 Å². The molecule has 0 amide bonds. The van der Waals surface area contributed by atoms with E-state index in [1.807, 2.05) is 0 Å². The topological polar surface area (TPSA) is 14.1 Å². The number of hydrogen-bond acceptors (Lipinski definition) is 0. The first kappa shape index (κ1) is 28.5. The zero-order valence-electron chi connectivity index (χ0n) is 15.1. The smallest absolute Gasteiger partial charge is 0.647 e. The number of nitrogens with zero attached hydrogens (tertiary/aromatic N) is 1. The normalized spacial score (nSPS) is 15.9. The third-order valence-corrected chi connectivity index (χ3v) is 3.47. The summed E-state index contributed by atoms with van der Waals surface area (Å²) in [7, 11) is 0.750. The van der Waals surface area contributed by atoms with E-state index in [0.29, 0.717) is 6.04 Å². The van der Waals surface area contributed by atoms with Crippen LogP contribution in [0.4, 0.5) is 0 Å². The summed E-state index contributed by atoms with van der Waals surface area (Å²) in [4.78, 5) is 0. The molecule has 2 radical (unpaired) electrons. The Balaban J connectivity index is -0.000000196. The van der Waals surface area contributed by atoms with Gasteiger partial charge in [0, 0.05) is 9.52 Å². The van der Waals surface area contributed by atoms with Gasteiger partial charge in [-0.2, -0.15) is 0 Å². The van der Waals surface area contributed by atoms with E-state index in [-0.39, 0.29) is 47.5 Å². The summed E-state index contributed by atoms with van der Waals surface area (Å²) in [5.41, 5.74) is 0.294. The number of allylic oxidation sites excluding steroid dienone is 2. The van der Waals surface area contributed by atoms with Gasteiger partial charge in [-0.3, -0.25) is 0 Å². The molecule has 1 rings (SSSR count). The van der Waals surface area contributed by atoms with Crippen LogP contribution in [0, 0.1) is 20.3 Å². The fourth-order valence-corrected chi connectivity index (χ4v) is 1.65. The first-order valence-electron chi connectivity index (χ1n) is 6.61. The molecule has 1 aliphatic rings. The molecule has 0 heterocycles. The fourth-order valence-electron chi connectivity index (χ4n) is 1.65. The predicted octanol–water partition coefficient (Wildman–Crippen LogP) is 5.49. The molecule has 1 nitrogen and oxygen atoms in total. The van der Waals surface area contributed by atoms with Crippen molar-refractivity contribution < 1.29 is 21.7 Å². The molecule has 1 atom stereocenters. The molecule has 3 heteroatoms. The molecular weight excluding hydrogens is 294 g/mol. The predicted molar refractivity (Wildman–Crippen MR) is 95.3 cm³/mol. The van der Waals surface area contributed by atoms with Gasteiger partial charge in [-0.1, -0.05) is 89.9 Å². The van der Waals surface area contributed by atoms with Crippen LogP contribution < -0.4 is 0 Å². The molecule has 0 aromatic carbocycles. The van der Waals surface area contributed by atoms with Crippen LogP contribution in [0.1, 0.15) is 41.0 Å². The minimum Gasteiger partial charge on any atom is -0.647 e. The van der Waals surface area contributed by atoms with Crippen LogP contribution in [-0.2, 0) is 21.7 Å². The van der Waals surface area contributed by atoms with Crippen LogP contribution in [0.2, 0.25) is 13.1 Å². The summed E-state index contributed by atoms with van der Waals surface area (Å²) in [6.07, 6.45) is 9.55. The van der Waals surface area contributed by atoms with Crippen LogP contribution >= 0.6 is 0 Å². The van der Waals surface area contributed by atoms with Gasteiger partial charge in [0.05, 0.1) is 0 Å². The molecule has 0 aromatic rings. The molecule has 0 N–H and O–H groups in total. The van der Waals surface area contributed by atoms with Crippen molar-refractivity contribution in [3.05, 3.63) is 44.5 Å². The van der Waals surface area contributed by atoms with E-state index in [4.69, 9.17) is 5.32 Å². The molecule has 0 aromatic heterocycles. The van der Waals surface area contributed by atoms with Crippen LogP contribution in [0.25, 0.3) is 5.32 Å². The van der Waals surface area contributed by atoms with Crippen molar-refractivity contribution in [1.82, 2.24) is 0 Å². The Morgan fingerprint density at radius 1 is 1.00 bits per heavy atom. The van der Waals surface area contributed by atoms with E-state index in [1.54, 1.807) is 0 Å². The van der Waals surface area contributed by atoms with Crippen molar-refractivity contribution in [2.75, 3.05) is 0 Å². The Labute approximate surface area is 146 Å². The average Bonchev–Trinajstić information content (AvgIpc) is 2.69. The third kappa shape index (κ3) is 9.33. The summed E-state index contributed by atoms with van der Waals surface area (Å²) in [5, 5.41) is 4.92. The van der Waals surface area contributed by atoms with Crippen molar-refractivity contribution in [3.8, 4) is 0 Å². The standard InChI is InChI=1S/C13H22N.C2H7Si.2CH3.Ti/c1-6-13(5,12(2,3)4)14-11-9-7-8-10-11;1-3-2;;;/h7-11H,6H2,1-5H3;3H,1-2H3;2*1H3;/q-1;;2*-1;+3. The molecule has 0 saturated heterocycles. The van der Waals surface area contributed by atoms with Gasteiger partial charge < -0.3 is 20.2 Å². The van der Waals surface area contributed by atoms with E-state index in [0.717, 1.165) is 15.9 Å². The number of rotatable bonds is 3. The van der Waals surface area contributed by atoms with Gasteiger partial charge in [0.15, 0.2) is 0 Å². The Hall–Kier alpha value is 0.371. The van der Waals surface area contributed by atoms with Gasteiger partial charge in [-0.25, -0.2) is 0 Å². The van der Waals surface area contributed by atoms with E-state index in [2.05, 4.69) is 72.0 Å². The van der Waals surface area contributed by atoms with Crippen molar-refractivity contribution in [2.24, 2.45) is 5.41 Å². The van der Waals surface area contributed by atoms with Crippen molar-refractivity contribution in [1.29, 1.82) is 0 Å². The third-order valence-electron chi connectivity index (χ3n) is 3.47. The summed E-state index contributed by atoms with van der Waals surface area (Å²) >= 11 is 0. The number of hydrogen-bond donors (Lipinski definition) is 0. The average molecular weight is 329 g/mol. The summed E-state index contributed by atoms with van der Waals surface area (Å²) < 4.78 is 0. The molecule has 0 spiro atoms. The van der Waals surface area contributed by atoms with Gasteiger partial charge in [-0.15, -0.1) is 5.54 Å². The monoisotopic (exact) mass is 329 g/mol. The molecule has 1 aliphatic carbocycles. The zero-order chi connectivity index (χ0) is 13.5. The van der Waals surface area contributed by atoms with Crippen LogP contribution in [0.15, 0.2) is 24.3 Å². The maximum atomic E-state index is 4.92. The van der Waals surface area contributed by atoms with Crippen molar-refractivity contribution >= 4 is 9.52 Å². The first-order valence-corrected chi connectivity index (χ1v) is 8.92. The first-order chi connectivity index (χ1) is 7.80. The molecule has 116 valence electrons. The SMILES string of the molecule is CCC(C)([N-]C1C=CC=C1)C(C)(C)C.C[SiH]C.[CH3-].[CH3-].[Ti+3]. The van der Waals surface area contributed by atoms with Crippen LogP contribution in [-0.4, -0.2) is 21.1 Å². The molecule has 20 heavy (non-hydrogen) atoms. The van der Waals surface area contributed by atoms with E-state index in [1.165, 1.54) is 0 Å². The summed E-state index contributed by atoms with van der Waals surface area (Å²) in [6.45, 7) is 15.7. The Morgan fingerprint density at radius 3 is 1.60 bits per heavy atom. The molecule has 0 bridgehead atoms. The molecule has 0 saturated carbocycles. The van der Waals surface area contributed by atoms with Crippen molar-refractivity contribution in [3.63, 3.8) is 0 Å². The van der Waals surface area contributed by atoms with Gasteiger partial charge >= 0.3 is 21.7 Å². The minimum atomic E-state index is 0. The van der Waals surface area contributed by atoms with Crippen LogP contribution in [0.5, 0.6) is 0 Å². The fraction of sp³-hybridized carbons (Fsp3) is 0.647. The zero-order valence-corrected chi connectivity index (χ0v) is 17.8. The minimum absolute atomic E-state index is 0. The Bertz CT molecular complexity index is 257. The summed E-state index contributed by atoms with van der Waals surface area (Å²) in [6, 6.07) is 0.291. The Morgan fingerprint density at radius 2 is 1.35 bits per heavy atom. The van der Waals surface area contributed by atoms with E-state index in [9.17, 15) is 0 Å². The maximum absolute atomic E-state index is 4.92. The van der Waals surface area contributed by atoms with Crippen LogP contribution in [0.3, 0.4) is 0 Å². The molecular formula is C17H35NSiTi. The quantitative estimate of drug-likeness (QED) is 0.480. The van der Waals surface area contributed by atoms with E-state index >= 15 is 0 Å². The Kier molecular flexibility index (Phi) is 18.6. The second-order valence-electron chi connectivity index (χ2n) is 5.84.